The van der Waals surface area contributed by atoms with Crippen LogP contribution in [0.2, 0.25) is 0 Å². The number of hydrogen-bond donors (Lipinski definition) is 0. The minimum absolute atomic E-state index is 0.417. The molecule has 0 radical (unpaired) electrons. The Bertz CT molecular complexity index is 137. The van der Waals surface area contributed by atoms with Gasteiger partial charge in [-0.1, -0.05) is 6.58 Å². The Labute approximate surface area is 65.8 Å². The van der Waals surface area contributed by atoms with E-state index >= 15 is 0 Å². The first-order valence-corrected chi connectivity index (χ1v) is 3.80. The second kappa shape index (κ2) is 3.22. The highest BCUT2D eigenvalue weighted by Gasteiger charge is 2.32. The maximum Gasteiger partial charge on any atom is 0.320 e. The SMILES string of the molecule is C=CSC(C)(Br)[N+](=O)[O-]. The summed E-state index contributed by atoms with van der Waals surface area (Å²) in [4.78, 5) is 9.68. The van der Waals surface area contributed by atoms with Crippen LogP contribution in [0, 0.1) is 10.1 Å². The molecule has 0 aliphatic rings. The fourth-order valence-corrected chi connectivity index (χ4v) is 0.982. The summed E-state index contributed by atoms with van der Waals surface area (Å²) in [7, 11) is 0. The molecule has 5 heteroatoms. The molecule has 0 amide bonds. The Morgan fingerprint density at radius 1 is 2.00 bits per heavy atom. The van der Waals surface area contributed by atoms with Crippen LogP contribution in [0.25, 0.3) is 0 Å². The van der Waals surface area contributed by atoms with Crippen molar-refractivity contribution in [1.82, 2.24) is 0 Å². The lowest BCUT2D eigenvalue weighted by Crippen LogP contribution is -2.21. The summed E-state index contributed by atoms with van der Waals surface area (Å²) in [5, 5.41) is 11.5. The van der Waals surface area contributed by atoms with Gasteiger partial charge in [-0.3, -0.25) is 10.1 Å². The summed E-state index contributed by atoms with van der Waals surface area (Å²) in [6.07, 6.45) is 0. The van der Waals surface area contributed by atoms with Crippen LogP contribution in [0.4, 0.5) is 0 Å². The van der Waals surface area contributed by atoms with Crippen molar-refractivity contribution in [3.8, 4) is 0 Å². The molecule has 1 unspecified atom stereocenters. The van der Waals surface area contributed by atoms with Crippen molar-refractivity contribution < 1.29 is 4.92 Å². The van der Waals surface area contributed by atoms with Gasteiger partial charge in [-0.15, -0.1) is 0 Å². The maximum absolute atomic E-state index is 10.1. The largest absolute Gasteiger partial charge is 0.320 e. The summed E-state index contributed by atoms with van der Waals surface area (Å²) >= 11 is 3.92. The number of thioether (sulfide) groups is 1. The predicted octanol–water partition coefficient (Wildman–Crippen LogP) is 2.21. The van der Waals surface area contributed by atoms with Crippen LogP contribution in [0.3, 0.4) is 0 Å². The van der Waals surface area contributed by atoms with Gasteiger partial charge in [-0.05, 0) is 17.2 Å². The fraction of sp³-hybridized carbons (Fsp3) is 0.500. The lowest BCUT2D eigenvalue weighted by molar-refractivity contribution is -0.502. The van der Waals surface area contributed by atoms with Crippen molar-refractivity contribution in [3.05, 3.63) is 22.1 Å². The van der Waals surface area contributed by atoms with E-state index in [-0.39, 0.29) is 0 Å². The maximum atomic E-state index is 10.1. The van der Waals surface area contributed by atoms with Crippen LogP contribution in [-0.2, 0) is 0 Å². The van der Waals surface area contributed by atoms with Gasteiger partial charge in [0.05, 0.1) is 0 Å². The number of nitro groups is 1. The van der Waals surface area contributed by atoms with Gasteiger partial charge >= 0.3 is 3.78 Å². The molecule has 0 saturated heterocycles. The van der Waals surface area contributed by atoms with Gasteiger partial charge in [0.2, 0.25) is 0 Å². The Morgan fingerprint density at radius 3 is 2.56 bits per heavy atom. The molecule has 0 rings (SSSR count). The summed E-state index contributed by atoms with van der Waals surface area (Å²) in [5.41, 5.74) is 0. The van der Waals surface area contributed by atoms with E-state index in [1.807, 2.05) is 0 Å². The van der Waals surface area contributed by atoms with Gasteiger partial charge in [-0.25, -0.2) is 0 Å². The molecule has 0 aliphatic carbocycles. The Kier molecular flexibility index (Phi) is 3.21. The minimum atomic E-state index is -1.12. The molecule has 0 aliphatic heterocycles. The summed E-state index contributed by atoms with van der Waals surface area (Å²) in [5.74, 6) is 0. The van der Waals surface area contributed by atoms with Gasteiger partial charge in [0.15, 0.2) is 0 Å². The van der Waals surface area contributed by atoms with Crippen LogP contribution >= 0.6 is 27.7 Å². The molecule has 0 saturated carbocycles. The summed E-state index contributed by atoms with van der Waals surface area (Å²) < 4.78 is -1.12. The fourth-order valence-electron chi connectivity index (χ4n) is 0.195. The van der Waals surface area contributed by atoms with E-state index in [2.05, 4.69) is 22.5 Å². The van der Waals surface area contributed by atoms with Crippen LogP contribution in [0.15, 0.2) is 12.0 Å². The molecule has 1 atom stereocenters. The molecule has 0 fully saturated rings. The first-order valence-electron chi connectivity index (χ1n) is 2.13. The van der Waals surface area contributed by atoms with E-state index in [1.165, 1.54) is 12.3 Å². The van der Waals surface area contributed by atoms with Crippen molar-refractivity contribution in [2.24, 2.45) is 0 Å². The molecule has 0 bridgehead atoms. The lowest BCUT2D eigenvalue weighted by atomic mass is 10.8. The van der Waals surface area contributed by atoms with Gasteiger partial charge in [0.25, 0.3) is 0 Å². The number of halogens is 1. The van der Waals surface area contributed by atoms with Gasteiger partial charge in [0.1, 0.15) is 0 Å². The molecular formula is C4H6BrNO2S. The standard InChI is InChI=1S/C4H6BrNO2S/c1-3-9-4(2,5)6(7)8/h3H,1H2,2H3. The van der Waals surface area contributed by atoms with E-state index in [4.69, 9.17) is 0 Å². The van der Waals surface area contributed by atoms with Crippen LogP contribution in [0.5, 0.6) is 0 Å². The van der Waals surface area contributed by atoms with Crippen LogP contribution in [0.1, 0.15) is 6.92 Å². The van der Waals surface area contributed by atoms with E-state index in [1.54, 1.807) is 0 Å². The van der Waals surface area contributed by atoms with Crippen molar-refractivity contribution in [3.63, 3.8) is 0 Å². The average molecular weight is 212 g/mol. The first-order chi connectivity index (χ1) is 4.00. The highest BCUT2D eigenvalue weighted by molar-refractivity contribution is 9.11. The third-order valence-corrected chi connectivity index (χ3v) is 2.22. The highest BCUT2D eigenvalue weighted by Crippen LogP contribution is 2.32. The van der Waals surface area contributed by atoms with E-state index in [9.17, 15) is 10.1 Å². The predicted molar refractivity (Wildman–Crippen MR) is 42.1 cm³/mol. The van der Waals surface area contributed by atoms with Crippen LogP contribution in [-0.4, -0.2) is 8.70 Å². The third-order valence-electron chi connectivity index (χ3n) is 0.625. The molecule has 0 aromatic carbocycles. The smallest absolute Gasteiger partial charge is 0.262 e. The van der Waals surface area contributed by atoms with Crippen LogP contribution < -0.4 is 0 Å². The normalized spacial score (nSPS) is 16.2. The average Bonchev–Trinajstić information content (AvgIpc) is 1.65. The molecular weight excluding hydrogens is 206 g/mol. The van der Waals surface area contributed by atoms with E-state index < -0.39 is 8.70 Å². The molecule has 3 nitrogen and oxygen atoms in total. The summed E-state index contributed by atoms with van der Waals surface area (Å²) in [6, 6.07) is 0. The zero-order chi connectivity index (χ0) is 7.49. The van der Waals surface area contributed by atoms with E-state index in [0.29, 0.717) is 0 Å². The Morgan fingerprint density at radius 2 is 2.44 bits per heavy atom. The van der Waals surface area contributed by atoms with Crippen molar-refractivity contribution >= 4 is 27.7 Å². The first kappa shape index (κ1) is 8.97. The molecule has 0 aromatic heterocycles. The molecule has 0 heterocycles. The van der Waals surface area contributed by atoms with Crippen molar-refractivity contribution in [2.75, 3.05) is 0 Å². The zero-order valence-corrected chi connectivity index (χ0v) is 7.24. The molecule has 9 heavy (non-hydrogen) atoms. The monoisotopic (exact) mass is 211 g/mol. The minimum Gasteiger partial charge on any atom is -0.262 e. The number of nitrogens with zero attached hydrogens (tertiary/aromatic N) is 1. The van der Waals surface area contributed by atoms with E-state index in [0.717, 1.165) is 11.8 Å². The second-order valence-electron chi connectivity index (χ2n) is 1.41. The summed E-state index contributed by atoms with van der Waals surface area (Å²) in [6.45, 7) is 4.81. The number of alkyl halides is 1. The van der Waals surface area contributed by atoms with Gasteiger partial charge in [-0.2, -0.15) is 0 Å². The third kappa shape index (κ3) is 2.86. The van der Waals surface area contributed by atoms with Crippen molar-refractivity contribution in [1.29, 1.82) is 0 Å². The molecule has 0 spiro atoms. The molecule has 52 valence electrons. The Hall–Kier alpha value is -0.0300. The zero-order valence-electron chi connectivity index (χ0n) is 4.83. The van der Waals surface area contributed by atoms with Gasteiger partial charge in [0, 0.05) is 27.8 Å². The van der Waals surface area contributed by atoms with Gasteiger partial charge < -0.3 is 0 Å². The molecule has 0 N–H and O–H groups in total. The number of hydrogen-bond acceptors (Lipinski definition) is 3. The molecule has 0 aromatic rings. The topological polar surface area (TPSA) is 43.1 Å². The highest BCUT2D eigenvalue weighted by atomic mass is 79.9. The number of rotatable bonds is 3. The van der Waals surface area contributed by atoms with Crippen molar-refractivity contribution in [2.45, 2.75) is 10.7 Å². The Balaban J connectivity index is 4.00. The second-order valence-corrected chi connectivity index (χ2v) is 4.84. The lowest BCUT2D eigenvalue weighted by Gasteiger charge is -2.08. The quantitative estimate of drug-likeness (QED) is 0.237.